The average molecular weight is 164 g/mol. The summed E-state index contributed by atoms with van der Waals surface area (Å²) < 4.78 is 5.15. The largest absolute Gasteiger partial charge is 0.357 e. The lowest BCUT2D eigenvalue weighted by molar-refractivity contribution is 0.0380. The van der Waals surface area contributed by atoms with Crippen LogP contribution >= 0.6 is 0 Å². The van der Waals surface area contributed by atoms with Gasteiger partial charge in [0, 0.05) is 20.4 Å². The molecule has 1 unspecified atom stereocenters. The van der Waals surface area contributed by atoms with Gasteiger partial charge in [0.15, 0.2) is 6.23 Å². The van der Waals surface area contributed by atoms with Gasteiger partial charge in [-0.15, -0.1) is 0 Å². The lowest BCUT2D eigenvalue weighted by Crippen LogP contribution is -2.32. The van der Waals surface area contributed by atoms with Gasteiger partial charge in [-0.05, 0) is 18.6 Å². The standard InChI is InChI=1S/C9H12N2O/c1-7-4-8(5-10)9(12-3)11(2)6-7/h4,6,9H,1-3H3. The monoisotopic (exact) mass is 164 g/mol. The Balaban J connectivity index is 2.94. The van der Waals surface area contributed by atoms with Gasteiger partial charge in [0.2, 0.25) is 0 Å². The molecule has 3 heteroatoms. The highest BCUT2D eigenvalue weighted by atomic mass is 16.5. The van der Waals surface area contributed by atoms with Gasteiger partial charge in [0.1, 0.15) is 0 Å². The Bertz CT molecular complexity index is 273. The molecule has 1 heterocycles. The molecule has 3 nitrogen and oxygen atoms in total. The number of nitriles is 1. The molecule has 1 atom stereocenters. The van der Waals surface area contributed by atoms with Crippen molar-refractivity contribution in [3.05, 3.63) is 23.4 Å². The first-order valence-electron chi connectivity index (χ1n) is 3.74. The van der Waals surface area contributed by atoms with Crippen molar-refractivity contribution in [1.82, 2.24) is 4.90 Å². The van der Waals surface area contributed by atoms with E-state index >= 15 is 0 Å². The van der Waals surface area contributed by atoms with Gasteiger partial charge < -0.3 is 9.64 Å². The molecule has 1 aliphatic rings. The van der Waals surface area contributed by atoms with E-state index < -0.39 is 0 Å². The molecule has 12 heavy (non-hydrogen) atoms. The fourth-order valence-electron chi connectivity index (χ4n) is 1.34. The van der Waals surface area contributed by atoms with Crippen LogP contribution in [-0.2, 0) is 4.74 Å². The molecule has 64 valence electrons. The molecule has 0 saturated heterocycles. The van der Waals surface area contributed by atoms with Gasteiger partial charge >= 0.3 is 0 Å². The number of hydrogen-bond acceptors (Lipinski definition) is 3. The van der Waals surface area contributed by atoms with Crippen molar-refractivity contribution in [2.75, 3.05) is 14.2 Å². The molecule has 0 fully saturated rings. The number of ether oxygens (including phenoxy) is 1. The number of likely N-dealkylation sites (N-methyl/N-ethyl adjacent to an activating group) is 1. The van der Waals surface area contributed by atoms with Crippen LogP contribution in [0.5, 0.6) is 0 Å². The first kappa shape index (κ1) is 8.82. The van der Waals surface area contributed by atoms with Gasteiger partial charge in [-0.3, -0.25) is 0 Å². The topological polar surface area (TPSA) is 36.3 Å². The first-order valence-corrected chi connectivity index (χ1v) is 3.74. The molecule has 0 amide bonds. The Kier molecular flexibility index (Phi) is 2.51. The maximum absolute atomic E-state index is 8.78. The van der Waals surface area contributed by atoms with Crippen LogP contribution in [0.2, 0.25) is 0 Å². The summed E-state index contributed by atoms with van der Waals surface area (Å²) in [7, 11) is 3.49. The lowest BCUT2D eigenvalue weighted by Gasteiger charge is -2.28. The molecular formula is C9H12N2O. The molecule has 0 radical (unpaired) electrons. The van der Waals surface area contributed by atoms with Crippen LogP contribution in [0.4, 0.5) is 0 Å². The van der Waals surface area contributed by atoms with Crippen LogP contribution in [0.25, 0.3) is 0 Å². The van der Waals surface area contributed by atoms with Gasteiger partial charge in [-0.1, -0.05) is 0 Å². The number of allylic oxidation sites excluding steroid dienone is 2. The molecule has 1 rings (SSSR count). The van der Waals surface area contributed by atoms with Crippen LogP contribution in [0.15, 0.2) is 23.4 Å². The van der Waals surface area contributed by atoms with E-state index in [1.165, 1.54) is 0 Å². The molecule has 0 spiro atoms. The second-order valence-electron chi connectivity index (χ2n) is 2.84. The smallest absolute Gasteiger partial charge is 0.165 e. The molecule has 0 aromatic heterocycles. The predicted molar refractivity (Wildman–Crippen MR) is 46.0 cm³/mol. The van der Waals surface area contributed by atoms with Crippen molar-refractivity contribution < 1.29 is 4.74 Å². The quantitative estimate of drug-likeness (QED) is 0.585. The summed E-state index contributed by atoms with van der Waals surface area (Å²) in [6, 6.07) is 2.12. The van der Waals surface area contributed by atoms with Crippen molar-refractivity contribution in [3.63, 3.8) is 0 Å². The van der Waals surface area contributed by atoms with E-state index in [4.69, 9.17) is 10.00 Å². The molecule has 1 aliphatic heterocycles. The van der Waals surface area contributed by atoms with E-state index in [-0.39, 0.29) is 6.23 Å². The zero-order valence-electron chi connectivity index (χ0n) is 7.53. The first-order chi connectivity index (χ1) is 5.69. The number of rotatable bonds is 1. The van der Waals surface area contributed by atoms with Gasteiger partial charge in [-0.2, -0.15) is 5.26 Å². The Hall–Kier alpha value is -1.27. The summed E-state index contributed by atoms with van der Waals surface area (Å²) in [6.07, 6.45) is 3.57. The number of nitrogens with zero attached hydrogens (tertiary/aromatic N) is 2. The maximum atomic E-state index is 8.78. The second kappa shape index (κ2) is 3.42. The Morgan fingerprint density at radius 3 is 2.83 bits per heavy atom. The predicted octanol–water partition coefficient (Wildman–Crippen LogP) is 1.26. The summed E-state index contributed by atoms with van der Waals surface area (Å²) >= 11 is 0. The minimum Gasteiger partial charge on any atom is -0.357 e. The summed E-state index contributed by atoms with van der Waals surface area (Å²) in [6.45, 7) is 1.96. The fraction of sp³-hybridized carbons (Fsp3) is 0.444. The normalized spacial score (nSPS) is 22.8. The van der Waals surface area contributed by atoms with Crippen molar-refractivity contribution in [2.24, 2.45) is 0 Å². The third-order valence-electron chi connectivity index (χ3n) is 1.78. The van der Waals surface area contributed by atoms with Crippen LogP contribution in [-0.4, -0.2) is 25.3 Å². The molecule has 0 N–H and O–H groups in total. The fourth-order valence-corrected chi connectivity index (χ4v) is 1.34. The van der Waals surface area contributed by atoms with E-state index in [1.54, 1.807) is 7.11 Å². The molecule has 0 aromatic carbocycles. The van der Waals surface area contributed by atoms with E-state index in [0.717, 1.165) is 5.57 Å². The highest BCUT2D eigenvalue weighted by molar-refractivity contribution is 5.36. The third kappa shape index (κ3) is 1.49. The summed E-state index contributed by atoms with van der Waals surface area (Å²) in [5.74, 6) is 0. The lowest BCUT2D eigenvalue weighted by atomic mass is 10.1. The Labute approximate surface area is 72.5 Å². The summed E-state index contributed by atoms with van der Waals surface area (Å²) in [5, 5.41) is 8.78. The minimum absolute atomic E-state index is 0.223. The molecular weight excluding hydrogens is 152 g/mol. The van der Waals surface area contributed by atoms with Crippen molar-refractivity contribution in [3.8, 4) is 6.07 Å². The van der Waals surface area contributed by atoms with Crippen molar-refractivity contribution >= 4 is 0 Å². The second-order valence-corrected chi connectivity index (χ2v) is 2.84. The minimum atomic E-state index is -0.223. The summed E-state index contributed by atoms with van der Waals surface area (Å²) in [5.41, 5.74) is 1.72. The van der Waals surface area contributed by atoms with Gasteiger partial charge in [0.05, 0.1) is 11.6 Å². The van der Waals surface area contributed by atoms with Crippen LogP contribution in [0.1, 0.15) is 6.92 Å². The van der Waals surface area contributed by atoms with Crippen LogP contribution < -0.4 is 0 Å². The average Bonchev–Trinajstić information content (AvgIpc) is 2.03. The Morgan fingerprint density at radius 1 is 1.67 bits per heavy atom. The van der Waals surface area contributed by atoms with E-state index in [0.29, 0.717) is 5.57 Å². The highest BCUT2D eigenvalue weighted by Crippen LogP contribution is 2.18. The van der Waals surface area contributed by atoms with E-state index in [9.17, 15) is 0 Å². The molecule has 0 aliphatic carbocycles. The molecule has 0 saturated carbocycles. The van der Waals surface area contributed by atoms with Crippen molar-refractivity contribution in [1.29, 1.82) is 5.26 Å². The zero-order chi connectivity index (χ0) is 9.14. The number of hydrogen-bond donors (Lipinski definition) is 0. The van der Waals surface area contributed by atoms with Crippen molar-refractivity contribution in [2.45, 2.75) is 13.2 Å². The van der Waals surface area contributed by atoms with E-state index in [1.807, 2.05) is 31.1 Å². The maximum Gasteiger partial charge on any atom is 0.165 e. The molecule has 0 aromatic rings. The number of methoxy groups -OCH3 is 1. The van der Waals surface area contributed by atoms with E-state index in [2.05, 4.69) is 6.07 Å². The Morgan fingerprint density at radius 2 is 2.33 bits per heavy atom. The molecule has 0 bridgehead atoms. The van der Waals surface area contributed by atoms with Crippen LogP contribution in [0, 0.1) is 11.3 Å². The van der Waals surface area contributed by atoms with Gasteiger partial charge in [-0.25, -0.2) is 0 Å². The van der Waals surface area contributed by atoms with Crippen LogP contribution in [0.3, 0.4) is 0 Å². The highest BCUT2D eigenvalue weighted by Gasteiger charge is 2.19. The SMILES string of the molecule is COC1C(C#N)=CC(C)=CN1C. The summed E-state index contributed by atoms with van der Waals surface area (Å²) in [4.78, 5) is 1.88. The zero-order valence-corrected chi connectivity index (χ0v) is 7.53. The van der Waals surface area contributed by atoms with Gasteiger partial charge in [0.25, 0.3) is 0 Å². The third-order valence-corrected chi connectivity index (χ3v) is 1.78.